The van der Waals surface area contributed by atoms with E-state index in [1.807, 2.05) is 54.6 Å². The number of benzene rings is 2. The monoisotopic (exact) mass is 706 g/mol. The van der Waals surface area contributed by atoms with Crippen molar-refractivity contribution in [3.63, 3.8) is 0 Å². The summed E-state index contributed by atoms with van der Waals surface area (Å²) in [6.07, 6.45) is 10.8. The molecule has 274 valence electrons. The van der Waals surface area contributed by atoms with Crippen LogP contribution >= 0.6 is 0 Å². The Hall–Kier alpha value is -4.09. The summed E-state index contributed by atoms with van der Waals surface area (Å²) < 4.78 is 23.9. The molecule has 2 aliphatic carbocycles. The van der Waals surface area contributed by atoms with Gasteiger partial charge in [0.2, 0.25) is 5.91 Å². The molecule has 0 radical (unpaired) electrons. The number of fused-ring (bicyclic) bond motifs is 3. The van der Waals surface area contributed by atoms with E-state index in [4.69, 9.17) is 15.6 Å². The fraction of sp³-hybridized carbons (Fsp3) is 0.561. The first-order valence-corrected chi connectivity index (χ1v) is 19.6. The minimum absolute atomic E-state index is 0.258. The normalized spacial score (nSPS) is 28.8. The van der Waals surface area contributed by atoms with Crippen LogP contribution in [0.4, 0.5) is 10.2 Å². The fourth-order valence-electron chi connectivity index (χ4n) is 10.3. The Kier molecular flexibility index (Phi) is 8.89. The Morgan fingerprint density at radius 2 is 1.71 bits per heavy atom. The third-order valence-corrected chi connectivity index (χ3v) is 13.1. The Labute approximate surface area is 305 Å². The summed E-state index contributed by atoms with van der Waals surface area (Å²) in [4.78, 5) is 29.2. The smallest absolute Gasteiger partial charge is 0.223 e. The van der Waals surface area contributed by atoms with Crippen molar-refractivity contribution in [3.8, 4) is 22.8 Å². The van der Waals surface area contributed by atoms with Gasteiger partial charge in [-0.25, -0.2) is 19.0 Å². The maximum absolute atomic E-state index is 16.2. The number of nitrogens with zero attached hydrogens (tertiary/aromatic N) is 7. The van der Waals surface area contributed by atoms with E-state index in [1.54, 1.807) is 4.68 Å². The molecule has 2 N–H and O–H groups in total. The Balaban J connectivity index is 0.799. The molecule has 5 heterocycles. The number of anilines is 1. The third-order valence-electron chi connectivity index (χ3n) is 13.1. The molecule has 9 rings (SSSR count). The van der Waals surface area contributed by atoms with Crippen LogP contribution in [0.2, 0.25) is 0 Å². The number of carbonyl (C=O) groups excluding carboxylic acids is 1. The minimum atomic E-state index is -1.10. The summed E-state index contributed by atoms with van der Waals surface area (Å²) >= 11 is 0. The van der Waals surface area contributed by atoms with Gasteiger partial charge in [-0.2, -0.15) is 5.10 Å². The molecule has 52 heavy (non-hydrogen) atoms. The number of ether oxygens (including phenoxy) is 1. The number of aromatic nitrogens is 4. The number of amides is 1. The van der Waals surface area contributed by atoms with E-state index in [2.05, 4.69) is 31.6 Å². The number of piperidine rings is 1. The van der Waals surface area contributed by atoms with Crippen molar-refractivity contribution in [2.24, 2.45) is 17.3 Å². The van der Waals surface area contributed by atoms with Crippen molar-refractivity contribution in [2.45, 2.75) is 89.0 Å². The molecule has 4 aromatic rings. The molecule has 2 saturated carbocycles. The van der Waals surface area contributed by atoms with Crippen LogP contribution < -0.4 is 10.5 Å². The van der Waals surface area contributed by atoms with Gasteiger partial charge in [-0.15, -0.1) is 0 Å². The van der Waals surface area contributed by atoms with Crippen LogP contribution in [0.5, 0.6) is 11.5 Å². The second kappa shape index (κ2) is 13.7. The molecule has 5 unspecified atom stereocenters. The highest BCUT2D eigenvalue weighted by molar-refractivity contribution is 5.98. The number of alkyl halides is 1. The number of hydrogen-bond donors (Lipinski definition) is 1. The van der Waals surface area contributed by atoms with Gasteiger partial charge in [0, 0.05) is 63.3 Å². The molecule has 10 nitrogen and oxygen atoms in total. The number of hydrogen-bond acceptors (Lipinski definition) is 8. The highest BCUT2D eigenvalue weighted by Gasteiger charge is 2.48. The van der Waals surface area contributed by atoms with Crippen LogP contribution in [0, 0.1) is 17.3 Å². The van der Waals surface area contributed by atoms with E-state index in [9.17, 15) is 4.79 Å². The predicted octanol–water partition coefficient (Wildman–Crippen LogP) is 6.73. The zero-order valence-corrected chi connectivity index (χ0v) is 30.2. The van der Waals surface area contributed by atoms with E-state index >= 15 is 4.39 Å². The van der Waals surface area contributed by atoms with E-state index < -0.39 is 12.2 Å². The van der Waals surface area contributed by atoms with Crippen LogP contribution in [-0.4, -0.2) is 97.9 Å². The maximum Gasteiger partial charge on any atom is 0.223 e. The number of halogens is 1. The third kappa shape index (κ3) is 6.33. The molecular formula is C41H51FN8O2. The van der Waals surface area contributed by atoms with Gasteiger partial charge in [0.05, 0.1) is 11.4 Å². The van der Waals surface area contributed by atoms with E-state index in [0.29, 0.717) is 59.3 Å². The van der Waals surface area contributed by atoms with Gasteiger partial charge in [-0.05, 0) is 85.8 Å². The van der Waals surface area contributed by atoms with Crippen LogP contribution in [0.25, 0.3) is 22.3 Å². The summed E-state index contributed by atoms with van der Waals surface area (Å²) in [5.41, 5.74) is 8.68. The summed E-state index contributed by atoms with van der Waals surface area (Å²) in [5, 5.41) is 5.58. The molecule has 5 aliphatic rings. The highest BCUT2D eigenvalue weighted by Crippen LogP contribution is 2.54. The van der Waals surface area contributed by atoms with Gasteiger partial charge in [0.15, 0.2) is 5.65 Å². The van der Waals surface area contributed by atoms with Crippen molar-refractivity contribution in [3.05, 3.63) is 60.9 Å². The van der Waals surface area contributed by atoms with Crippen molar-refractivity contribution in [1.82, 2.24) is 34.4 Å². The molecule has 2 aromatic carbocycles. The average Bonchev–Trinajstić information content (AvgIpc) is 3.49. The van der Waals surface area contributed by atoms with Crippen molar-refractivity contribution < 1.29 is 13.9 Å². The summed E-state index contributed by atoms with van der Waals surface area (Å²) in [5.74, 6) is 3.81. The standard InChI is InChI=1S/C41H51FN8O2/c1-2-27-17-28-7-6-15-41(18-27,19-28)20-36(51)49-23-31(24-49)48-21-30(22-48)47-16-14-35(34(42)25-47)50-40-37(39(43)44-26-45-40)38(46-50)29-10-12-33(13-11-29)52-32-8-4-3-5-9-32/h3-5,8-13,26-28,30-31,34-35H,2,6-7,14-25H2,1H3,(H2,43,44,45). The largest absolute Gasteiger partial charge is 0.457 e. The molecule has 5 fully saturated rings. The lowest BCUT2D eigenvalue weighted by Gasteiger charge is -2.55. The molecule has 3 saturated heterocycles. The van der Waals surface area contributed by atoms with E-state index in [0.717, 1.165) is 62.3 Å². The zero-order chi connectivity index (χ0) is 35.4. The summed E-state index contributed by atoms with van der Waals surface area (Å²) in [6.45, 7) is 7.06. The lowest BCUT2D eigenvalue weighted by atomic mass is 9.57. The number of para-hydroxylation sites is 1. The zero-order valence-electron chi connectivity index (χ0n) is 30.2. The second-order valence-electron chi connectivity index (χ2n) is 16.5. The minimum Gasteiger partial charge on any atom is -0.457 e. The molecular weight excluding hydrogens is 656 g/mol. The molecule has 5 atom stereocenters. The summed E-state index contributed by atoms with van der Waals surface area (Å²) in [6, 6.07) is 17.6. The maximum atomic E-state index is 16.2. The first kappa shape index (κ1) is 33.7. The lowest BCUT2D eigenvalue weighted by Crippen LogP contribution is -2.71. The number of rotatable bonds is 9. The Morgan fingerprint density at radius 3 is 2.48 bits per heavy atom. The molecule has 2 bridgehead atoms. The van der Waals surface area contributed by atoms with Gasteiger partial charge < -0.3 is 15.4 Å². The molecule has 3 aliphatic heterocycles. The van der Waals surface area contributed by atoms with Gasteiger partial charge in [-0.1, -0.05) is 44.4 Å². The quantitative estimate of drug-likeness (QED) is 0.204. The van der Waals surface area contributed by atoms with Crippen LogP contribution in [0.15, 0.2) is 60.9 Å². The van der Waals surface area contributed by atoms with E-state index in [-0.39, 0.29) is 5.41 Å². The molecule has 1 amide bonds. The molecule has 0 spiro atoms. The van der Waals surface area contributed by atoms with Gasteiger partial charge in [0.1, 0.15) is 35.5 Å². The van der Waals surface area contributed by atoms with Gasteiger partial charge in [-0.3, -0.25) is 14.6 Å². The molecule has 2 aromatic heterocycles. The topological polar surface area (TPSA) is 106 Å². The number of nitrogen functional groups attached to an aromatic ring is 1. The first-order valence-electron chi connectivity index (χ1n) is 19.6. The predicted molar refractivity (Wildman–Crippen MR) is 200 cm³/mol. The van der Waals surface area contributed by atoms with Gasteiger partial charge >= 0.3 is 0 Å². The van der Waals surface area contributed by atoms with Gasteiger partial charge in [0.25, 0.3) is 0 Å². The fourth-order valence-corrected chi connectivity index (χ4v) is 10.3. The second-order valence-corrected chi connectivity index (χ2v) is 16.5. The van der Waals surface area contributed by atoms with E-state index in [1.165, 1.54) is 51.3 Å². The SMILES string of the molecule is CCC1CC2CCCC(CC(=O)N3CC(N4CC(N5CCC(n6nc(-c7ccc(Oc8ccccc8)cc7)c7c(N)ncnc76)C(F)C5)C4)C3)(C1)C2. The van der Waals surface area contributed by atoms with Crippen LogP contribution in [0.1, 0.15) is 70.8 Å². The lowest BCUT2D eigenvalue weighted by molar-refractivity contribution is -0.146. The van der Waals surface area contributed by atoms with Crippen molar-refractivity contribution >= 4 is 22.8 Å². The first-order chi connectivity index (χ1) is 25.3. The van der Waals surface area contributed by atoms with Crippen LogP contribution in [-0.2, 0) is 4.79 Å². The summed E-state index contributed by atoms with van der Waals surface area (Å²) in [7, 11) is 0. The highest BCUT2D eigenvalue weighted by atomic mass is 19.1. The van der Waals surface area contributed by atoms with Crippen LogP contribution in [0.3, 0.4) is 0 Å². The molecule has 11 heteroatoms. The van der Waals surface area contributed by atoms with Crippen molar-refractivity contribution in [1.29, 1.82) is 0 Å². The number of carbonyl (C=O) groups is 1. The van der Waals surface area contributed by atoms with Crippen molar-refractivity contribution in [2.75, 3.05) is 45.0 Å². The Bertz CT molecular complexity index is 1890. The Morgan fingerprint density at radius 1 is 0.942 bits per heavy atom. The average molecular weight is 707 g/mol. The number of nitrogens with two attached hydrogens (primary N) is 1. The number of likely N-dealkylation sites (tertiary alicyclic amines) is 3.